The number of hydrogen-bond donors (Lipinski definition) is 0. The van der Waals surface area contributed by atoms with Crippen molar-refractivity contribution >= 4 is 17.9 Å². The number of carbonyl (C=O) groups excluding carboxylic acids is 3. The third kappa shape index (κ3) is 62.0. The van der Waals surface area contributed by atoms with E-state index in [0.29, 0.717) is 19.3 Å². The topological polar surface area (TPSA) is 78.9 Å². The quantitative estimate of drug-likeness (QED) is 0.0261. The van der Waals surface area contributed by atoms with Gasteiger partial charge >= 0.3 is 17.9 Å². The second-order valence-corrected chi connectivity index (χ2v) is 20.2. The molecule has 1 atom stereocenters. The Morgan fingerprint density at radius 2 is 0.506 bits per heavy atom. The van der Waals surface area contributed by atoms with Crippen LogP contribution in [-0.4, -0.2) is 37.2 Å². The van der Waals surface area contributed by atoms with E-state index >= 15 is 0 Å². The molecule has 6 nitrogen and oxygen atoms in total. The predicted octanol–water partition coefficient (Wildman–Crippen LogP) is 21.5. The van der Waals surface area contributed by atoms with Gasteiger partial charge in [-0.1, -0.05) is 269 Å². The summed E-state index contributed by atoms with van der Waals surface area (Å²) in [5, 5.41) is 0. The minimum Gasteiger partial charge on any atom is -0.462 e. The summed E-state index contributed by atoms with van der Waals surface area (Å²) in [5.41, 5.74) is 0. The average molecular weight is 1060 g/mol. The van der Waals surface area contributed by atoms with Crippen molar-refractivity contribution in [3.8, 4) is 0 Å². The normalized spacial score (nSPS) is 13.1. The Kier molecular flexibility index (Phi) is 59.9. The molecule has 0 N–H and O–H groups in total. The molecule has 0 aromatic heterocycles. The van der Waals surface area contributed by atoms with E-state index in [9.17, 15) is 14.4 Å². The van der Waals surface area contributed by atoms with Crippen molar-refractivity contribution < 1.29 is 28.6 Å². The molecule has 0 radical (unpaired) electrons. The zero-order valence-corrected chi connectivity index (χ0v) is 49.7. The molecule has 0 bridgehead atoms. The second-order valence-electron chi connectivity index (χ2n) is 20.2. The van der Waals surface area contributed by atoms with Gasteiger partial charge < -0.3 is 14.2 Å². The van der Waals surface area contributed by atoms with E-state index in [1.165, 1.54) is 89.9 Å². The monoisotopic (exact) mass is 1060 g/mol. The first-order chi connectivity index (χ1) is 38.0. The summed E-state index contributed by atoms with van der Waals surface area (Å²) in [7, 11) is 0. The number of hydrogen-bond acceptors (Lipinski definition) is 6. The molecule has 1 unspecified atom stereocenters. The van der Waals surface area contributed by atoms with Crippen molar-refractivity contribution in [1.29, 1.82) is 0 Å². The Bertz CT molecular complexity index is 1700. The van der Waals surface area contributed by atoms with Crippen molar-refractivity contribution in [2.24, 2.45) is 0 Å². The van der Waals surface area contributed by atoms with E-state index < -0.39 is 6.10 Å². The van der Waals surface area contributed by atoms with Gasteiger partial charge in [-0.2, -0.15) is 0 Å². The fraction of sp³-hybridized carbons (Fsp3) is 0.620. The summed E-state index contributed by atoms with van der Waals surface area (Å²) in [6.07, 6.45) is 91.5. The number of carbonyl (C=O) groups is 3. The molecule has 0 aliphatic carbocycles. The lowest BCUT2D eigenvalue weighted by molar-refractivity contribution is -0.167. The zero-order valence-electron chi connectivity index (χ0n) is 49.7. The summed E-state index contributed by atoms with van der Waals surface area (Å²) < 4.78 is 16.8. The smallest absolute Gasteiger partial charge is 0.306 e. The van der Waals surface area contributed by atoms with Crippen LogP contribution in [0.5, 0.6) is 0 Å². The number of unbranched alkanes of at least 4 members (excludes halogenated alkanes) is 20. The van der Waals surface area contributed by atoms with Gasteiger partial charge in [0.25, 0.3) is 0 Å². The summed E-state index contributed by atoms with van der Waals surface area (Å²) >= 11 is 0. The lowest BCUT2D eigenvalue weighted by Crippen LogP contribution is -2.30. The zero-order chi connectivity index (χ0) is 55.7. The van der Waals surface area contributed by atoms with E-state index in [-0.39, 0.29) is 37.5 Å². The van der Waals surface area contributed by atoms with Crippen molar-refractivity contribution in [3.05, 3.63) is 146 Å². The molecule has 0 heterocycles. The molecule has 0 aliphatic heterocycles. The molecule has 0 fully saturated rings. The van der Waals surface area contributed by atoms with Gasteiger partial charge in [0.15, 0.2) is 6.10 Å². The Hall–Kier alpha value is -4.71. The summed E-state index contributed by atoms with van der Waals surface area (Å²) in [6, 6.07) is 0. The van der Waals surface area contributed by atoms with Crippen molar-refractivity contribution in [2.75, 3.05) is 13.2 Å². The molecule has 0 saturated carbocycles. The highest BCUT2D eigenvalue weighted by molar-refractivity contribution is 5.71. The molecule has 6 heteroatoms. The van der Waals surface area contributed by atoms with E-state index in [4.69, 9.17) is 14.2 Å². The molecule has 0 rings (SSSR count). The highest BCUT2D eigenvalue weighted by Crippen LogP contribution is 2.15. The maximum absolute atomic E-state index is 12.9. The lowest BCUT2D eigenvalue weighted by Gasteiger charge is -2.18. The lowest BCUT2D eigenvalue weighted by atomic mass is 10.1. The van der Waals surface area contributed by atoms with Gasteiger partial charge in [0.05, 0.1) is 0 Å². The fourth-order valence-corrected chi connectivity index (χ4v) is 8.21. The van der Waals surface area contributed by atoms with Crippen LogP contribution >= 0.6 is 0 Å². The number of rotatable bonds is 55. The van der Waals surface area contributed by atoms with Crippen LogP contribution < -0.4 is 0 Å². The molecule has 434 valence electrons. The SMILES string of the molecule is CC/C=C\C/C=C\C/C=C\C/C=C\C/C=C\C/C=C\CCCCCCCCCCCCC(=O)OCC(COC(=O)CCCCCCCCCCC)OC(=O)CCCC/C=C\C/C=C\C/C=C\C/C=C\C/C=C\C/C=C\CC. The van der Waals surface area contributed by atoms with Crippen LogP contribution in [0.4, 0.5) is 0 Å². The molecule has 0 saturated heterocycles. The third-order valence-corrected chi connectivity index (χ3v) is 12.8. The molecule has 0 aliphatic rings. The highest BCUT2D eigenvalue weighted by Gasteiger charge is 2.19. The Morgan fingerprint density at radius 3 is 0.818 bits per heavy atom. The summed E-state index contributed by atoms with van der Waals surface area (Å²) in [5.74, 6) is -0.953. The van der Waals surface area contributed by atoms with E-state index in [2.05, 4.69) is 167 Å². The first-order valence-electron chi connectivity index (χ1n) is 31.3. The first-order valence-corrected chi connectivity index (χ1v) is 31.3. The minimum absolute atomic E-state index is 0.0999. The van der Waals surface area contributed by atoms with E-state index in [1.54, 1.807) is 0 Å². The van der Waals surface area contributed by atoms with Gasteiger partial charge in [-0.3, -0.25) is 14.4 Å². The maximum Gasteiger partial charge on any atom is 0.306 e. The van der Waals surface area contributed by atoms with E-state index in [1.807, 2.05) is 0 Å². The molecule has 0 aromatic rings. The Balaban J connectivity index is 4.31. The molecular weight excluding hydrogens is 949 g/mol. The number of allylic oxidation sites excluding steroid dienone is 24. The van der Waals surface area contributed by atoms with Crippen LogP contribution in [0.25, 0.3) is 0 Å². The Morgan fingerprint density at radius 1 is 0.273 bits per heavy atom. The van der Waals surface area contributed by atoms with Crippen LogP contribution in [0, 0.1) is 0 Å². The molecular formula is C71H114O6. The molecule has 0 aromatic carbocycles. The van der Waals surface area contributed by atoms with Gasteiger partial charge in [-0.05, 0) is 122 Å². The molecule has 77 heavy (non-hydrogen) atoms. The van der Waals surface area contributed by atoms with Crippen LogP contribution in [0.3, 0.4) is 0 Å². The Labute approximate surface area is 474 Å². The van der Waals surface area contributed by atoms with Gasteiger partial charge in [0.2, 0.25) is 0 Å². The summed E-state index contributed by atoms with van der Waals surface area (Å²) in [4.78, 5) is 38.2. The van der Waals surface area contributed by atoms with Crippen molar-refractivity contribution in [3.63, 3.8) is 0 Å². The largest absolute Gasteiger partial charge is 0.462 e. The maximum atomic E-state index is 12.9. The highest BCUT2D eigenvalue weighted by atomic mass is 16.6. The van der Waals surface area contributed by atoms with Crippen molar-refractivity contribution in [2.45, 2.75) is 271 Å². The van der Waals surface area contributed by atoms with Gasteiger partial charge in [-0.25, -0.2) is 0 Å². The van der Waals surface area contributed by atoms with Crippen LogP contribution in [0.2, 0.25) is 0 Å². The van der Waals surface area contributed by atoms with Gasteiger partial charge in [0.1, 0.15) is 13.2 Å². The van der Waals surface area contributed by atoms with Crippen molar-refractivity contribution in [1.82, 2.24) is 0 Å². The summed E-state index contributed by atoms with van der Waals surface area (Å²) in [6.45, 7) is 6.35. The standard InChI is InChI=1S/C71H114O6/c1-4-7-10-13-16-19-21-23-25-27-29-31-32-33-34-35-36-37-38-40-41-43-45-47-49-52-55-58-61-64-70(73)76-67-68(66-75-69(72)63-60-57-54-51-18-15-12-9-6-3)77-71(74)65-62-59-56-53-50-48-46-44-42-39-30-28-26-24-22-20-17-14-11-8-5-2/h7-8,10-11,16-17,19-20,23-26,29-31,33-34,36-37,39,44,46,50,53,68H,4-6,9,12-15,18,21-22,27-28,32,35,38,40-43,45,47-49,51-52,54-67H2,1-3H3/b10-7-,11-8-,19-16-,20-17-,25-23-,26-24-,31-29-,34-33-,37-36-,39-30-,46-44-,53-50-. The molecule has 0 amide bonds. The third-order valence-electron chi connectivity index (χ3n) is 12.8. The number of ether oxygens (including phenoxy) is 3. The van der Waals surface area contributed by atoms with Crippen LogP contribution in [0.15, 0.2) is 146 Å². The van der Waals surface area contributed by atoms with Crippen LogP contribution in [-0.2, 0) is 28.6 Å². The minimum atomic E-state index is -0.807. The fourth-order valence-electron chi connectivity index (χ4n) is 8.21. The van der Waals surface area contributed by atoms with Gasteiger partial charge in [0, 0.05) is 19.3 Å². The average Bonchev–Trinajstić information content (AvgIpc) is 3.43. The second kappa shape index (κ2) is 63.8. The molecule has 0 spiro atoms. The predicted molar refractivity (Wildman–Crippen MR) is 334 cm³/mol. The van der Waals surface area contributed by atoms with Crippen LogP contribution in [0.1, 0.15) is 265 Å². The number of esters is 3. The van der Waals surface area contributed by atoms with Gasteiger partial charge in [-0.15, -0.1) is 0 Å². The van der Waals surface area contributed by atoms with E-state index in [0.717, 1.165) is 128 Å². The first kappa shape index (κ1) is 72.3.